The van der Waals surface area contributed by atoms with E-state index >= 15 is 0 Å². The van der Waals surface area contributed by atoms with E-state index in [2.05, 4.69) is 31.1 Å². The first-order valence-electron chi connectivity index (χ1n) is 6.33. The van der Waals surface area contributed by atoms with Crippen LogP contribution in [0.2, 0.25) is 0 Å². The molecule has 0 fully saturated rings. The van der Waals surface area contributed by atoms with E-state index in [0.717, 1.165) is 25.1 Å². The molecule has 0 aliphatic heterocycles. The Morgan fingerprint density at radius 3 is 2.76 bits per heavy atom. The summed E-state index contributed by atoms with van der Waals surface area (Å²) in [5.41, 5.74) is 6.39. The van der Waals surface area contributed by atoms with Gasteiger partial charge in [-0.2, -0.15) is 4.98 Å². The van der Waals surface area contributed by atoms with Crippen molar-refractivity contribution >= 4 is 11.5 Å². The standard InChI is InChI=1S/C13H23N3O/c1-4-6-10(3)15-12-8-7-11(14)13(16-12)17-9-5-2/h7-8,10H,4-6,9,14H2,1-3H3,(H,15,16). The van der Waals surface area contributed by atoms with Crippen molar-refractivity contribution in [3.8, 4) is 5.88 Å². The number of nitrogen functional groups attached to an aromatic ring is 1. The largest absolute Gasteiger partial charge is 0.476 e. The molecule has 0 aromatic carbocycles. The predicted octanol–water partition coefficient (Wildman–Crippen LogP) is 3.05. The molecule has 1 heterocycles. The van der Waals surface area contributed by atoms with Gasteiger partial charge in [0.15, 0.2) is 0 Å². The van der Waals surface area contributed by atoms with Crippen molar-refractivity contribution in [2.45, 2.75) is 46.1 Å². The third-order valence-corrected chi connectivity index (χ3v) is 2.45. The molecule has 17 heavy (non-hydrogen) atoms. The van der Waals surface area contributed by atoms with Gasteiger partial charge in [0.25, 0.3) is 0 Å². The zero-order chi connectivity index (χ0) is 12.7. The monoisotopic (exact) mass is 237 g/mol. The third-order valence-electron chi connectivity index (χ3n) is 2.45. The predicted molar refractivity (Wildman–Crippen MR) is 72.4 cm³/mol. The van der Waals surface area contributed by atoms with E-state index in [9.17, 15) is 0 Å². The van der Waals surface area contributed by atoms with E-state index in [0.29, 0.717) is 24.2 Å². The Morgan fingerprint density at radius 1 is 1.35 bits per heavy atom. The molecule has 0 saturated carbocycles. The molecule has 1 aromatic rings. The van der Waals surface area contributed by atoms with Gasteiger partial charge in [-0.15, -0.1) is 0 Å². The minimum Gasteiger partial charge on any atom is -0.476 e. The summed E-state index contributed by atoms with van der Waals surface area (Å²) in [5, 5.41) is 3.34. The Morgan fingerprint density at radius 2 is 2.12 bits per heavy atom. The van der Waals surface area contributed by atoms with Gasteiger partial charge >= 0.3 is 0 Å². The first-order valence-corrected chi connectivity index (χ1v) is 6.33. The second-order valence-electron chi connectivity index (χ2n) is 4.27. The van der Waals surface area contributed by atoms with Crippen molar-refractivity contribution in [1.29, 1.82) is 0 Å². The van der Waals surface area contributed by atoms with Gasteiger partial charge in [0.05, 0.1) is 12.3 Å². The first-order chi connectivity index (χ1) is 8.17. The summed E-state index contributed by atoms with van der Waals surface area (Å²) in [6, 6.07) is 4.13. The van der Waals surface area contributed by atoms with Crippen molar-refractivity contribution < 1.29 is 4.74 Å². The van der Waals surface area contributed by atoms with Crippen LogP contribution in [0.1, 0.15) is 40.0 Å². The summed E-state index contributed by atoms with van der Waals surface area (Å²) >= 11 is 0. The number of nitrogens with two attached hydrogens (primary N) is 1. The molecule has 4 heteroatoms. The highest BCUT2D eigenvalue weighted by molar-refractivity contribution is 5.53. The number of rotatable bonds is 7. The highest BCUT2D eigenvalue weighted by Crippen LogP contribution is 2.21. The summed E-state index contributed by atoms with van der Waals surface area (Å²) in [4.78, 5) is 4.37. The lowest BCUT2D eigenvalue weighted by molar-refractivity contribution is 0.307. The van der Waals surface area contributed by atoms with Gasteiger partial charge in [0, 0.05) is 6.04 Å². The fourth-order valence-electron chi connectivity index (χ4n) is 1.60. The molecule has 1 rings (SSSR count). The first kappa shape index (κ1) is 13.6. The molecule has 0 spiro atoms. The summed E-state index contributed by atoms with van der Waals surface area (Å²) in [7, 11) is 0. The Bertz CT molecular complexity index is 341. The Labute approximate surface area is 104 Å². The van der Waals surface area contributed by atoms with Gasteiger partial charge in [-0.05, 0) is 31.9 Å². The maximum absolute atomic E-state index is 5.80. The molecule has 4 nitrogen and oxygen atoms in total. The van der Waals surface area contributed by atoms with Gasteiger partial charge < -0.3 is 15.8 Å². The van der Waals surface area contributed by atoms with Crippen LogP contribution in [-0.2, 0) is 0 Å². The lowest BCUT2D eigenvalue weighted by Gasteiger charge is -2.15. The van der Waals surface area contributed by atoms with Crippen LogP contribution in [0.25, 0.3) is 0 Å². The fourth-order valence-corrected chi connectivity index (χ4v) is 1.60. The zero-order valence-corrected chi connectivity index (χ0v) is 11.0. The Hall–Kier alpha value is -1.45. The maximum Gasteiger partial charge on any atom is 0.239 e. The average Bonchev–Trinajstić information content (AvgIpc) is 2.30. The molecule has 96 valence electrons. The minimum atomic E-state index is 0.412. The number of hydrogen-bond acceptors (Lipinski definition) is 4. The molecule has 1 aromatic heterocycles. The molecule has 0 radical (unpaired) electrons. The van der Waals surface area contributed by atoms with E-state index in [4.69, 9.17) is 10.5 Å². The van der Waals surface area contributed by atoms with Gasteiger partial charge in [0.2, 0.25) is 5.88 Å². The average molecular weight is 237 g/mol. The number of nitrogens with zero attached hydrogens (tertiary/aromatic N) is 1. The Balaban J connectivity index is 2.67. The molecule has 0 saturated heterocycles. The van der Waals surface area contributed by atoms with Gasteiger partial charge in [-0.3, -0.25) is 0 Å². The molecule has 0 amide bonds. The van der Waals surface area contributed by atoms with Crippen LogP contribution in [-0.4, -0.2) is 17.6 Å². The highest BCUT2D eigenvalue weighted by Gasteiger charge is 2.06. The third kappa shape index (κ3) is 4.51. The van der Waals surface area contributed by atoms with Crippen LogP contribution in [0.4, 0.5) is 11.5 Å². The molecule has 3 N–H and O–H groups in total. The number of nitrogens with one attached hydrogen (secondary N) is 1. The maximum atomic E-state index is 5.80. The van der Waals surface area contributed by atoms with E-state index in [1.165, 1.54) is 0 Å². The van der Waals surface area contributed by atoms with E-state index < -0.39 is 0 Å². The van der Waals surface area contributed by atoms with Crippen LogP contribution >= 0.6 is 0 Å². The second-order valence-corrected chi connectivity index (χ2v) is 4.27. The lowest BCUT2D eigenvalue weighted by Crippen LogP contribution is -2.16. The van der Waals surface area contributed by atoms with Crippen LogP contribution in [0.3, 0.4) is 0 Å². The number of hydrogen-bond donors (Lipinski definition) is 2. The molecule has 0 bridgehead atoms. The summed E-state index contributed by atoms with van der Waals surface area (Å²) in [6.45, 7) is 7.02. The van der Waals surface area contributed by atoms with E-state index in [1.807, 2.05) is 12.1 Å². The van der Waals surface area contributed by atoms with Crippen LogP contribution in [0, 0.1) is 0 Å². The van der Waals surface area contributed by atoms with Crippen molar-refractivity contribution in [1.82, 2.24) is 4.98 Å². The quantitative estimate of drug-likeness (QED) is 0.765. The molecule has 0 aliphatic carbocycles. The molecular weight excluding hydrogens is 214 g/mol. The normalized spacial score (nSPS) is 12.2. The van der Waals surface area contributed by atoms with Crippen LogP contribution in [0.15, 0.2) is 12.1 Å². The lowest BCUT2D eigenvalue weighted by atomic mass is 10.2. The van der Waals surface area contributed by atoms with Gasteiger partial charge in [0.1, 0.15) is 5.82 Å². The smallest absolute Gasteiger partial charge is 0.239 e. The molecule has 0 aliphatic rings. The van der Waals surface area contributed by atoms with Crippen LogP contribution < -0.4 is 15.8 Å². The van der Waals surface area contributed by atoms with E-state index in [1.54, 1.807) is 0 Å². The summed E-state index contributed by atoms with van der Waals surface area (Å²) < 4.78 is 5.49. The second kappa shape index (κ2) is 6.99. The molecular formula is C13H23N3O. The molecule has 1 atom stereocenters. The topological polar surface area (TPSA) is 60.2 Å². The zero-order valence-electron chi connectivity index (χ0n) is 11.0. The number of aromatic nitrogens is 1. The fraction of sp³-hybridized carbons (Fsp3) is 0.615. The van der Waals surface area contributed by atoms with E-state index in [-0.39, 0.29) is 0 Å². The summed E-state index contributed by atoms with van der Waals surface area (Å²) in [6.07, 6.45) is 3.23. The van der Waals surface area contributed by atoms with Crippen LogP contribution in [0.5, 0.6) is 5.88 Å². The number of anilines is 2. The van der Waals surface area contributed by atoms with Crippen molar-refractivity contribution in [2.24, 2.45) is 0 Å². The van der Waals surface area contributed by atoms with Crippen molar-refractivity contribution in [3.05, 3.63) is 12.1 Å². The highest BCUT2D eigenvalue weighted by atomic mass is 16.5. The van der Waals surface area contributed by atoms with Gasteiger partial charge in [-0.25, -0.2) is 0 Å². The minimum absolute atomic E-state index is 0.412. The number of ether oxygens (including phenoxy) is 1. The van der Waals surface area contributed by atoms with Crippen molar-refractivity contribution in [2.75, 3.05) is 17.7 Å². The SMILES string of the molecule is CCCOc1nc(NC(C)CCC)ccc1N. The number of pyridine rings is 1. The molecule has 1 unspecified atom stereocenters. The van der Waals surface area contributed by atoms with Gasteiger partial charge in [-0.1, -0.05) is 20.3 Å². The summed E-state index contributed by atoms with van der Waals surface area (Å²) in [5.74, 6) is 1.35. The Kier molecular flexibility index (Phi) is 5.60. The van der Waals surface area contributed by atoms with Crippen molar-refractivity contribution in [3.63, 3.8) is 0 Å².